The zero-order valence-corrected chi connectivity index (χ0v) is 17.6. The number of likely N-dealkylation sites (tertiary alicyclic amines) is 1. The fraction of sp³-hybridized carbons (Fsp3) is 0.588. The zero-order valence-electron chi connectivity index (χ0n) is 14.5. The van der Waals surface area contributed by atoms with Crippen LogP contribution in [0.5, 0.6) is 0 Å². The first-order valence-electron chi connectivity index (χ1n) is 8.04. The van der Waals surface area contributed by atoms with E-state index in [1.54, 1.807) is 12.1 Å². The van der Waals surface area contributed by atoms with Crippen LogP contribution in [0.2, 0.25) is 5.02 Å². The first kappa shape index (κ1) is 21.4. The summed E-state index contributed by atoms with van der Waals surface area (Å²) >= 11 is 6.26. The van der Waals surface area contributed by atoms with Crippen molar-refractivity contribution in [2.24, 2.45) is 10.7 Å². The van der Waals surface area contributed by atoms with Gasteiger partial charge < -0.3 is 11.1 Å². The minimum Gasteiger partial charge on any atom is -0.370 e. The Hall–Kier alpha value is -0.600. The van der Waals surface area contributed by atoms with E-state index < -0.39 is 0 Å². The number of hydrogen-bond donors (Lipinski definition) is 2. The second kappa shape index (κ2) is 9.20. The summed E-state index contributed by atoms with van der Waals surface area (Å²) in [6.45, 7) is 8.29. The van der Waals surface area contributed by atoms with Crippen LogP contribution >= 0.6 is 35.6 Å². The second-order valence-corrected chi connectivity index (χ2v) is 7.40. The molecule has 1 aromatic carbocycles. The van der Waals surface area contributed by atoms with Gasteiger partial charge in [0.15, 0.2) is 5.96 Å². The molecule has 0 aliphatic carbocycles. The molecule has 4 nitrogen and oxygen atoms in total. The van der Waals surface area contributed by atoms with Gasteiger partial charge in [0.25, 0.3) is 0 Å². The van der Waals surface area contributed by atoms with Gasteiger partial charge in [-0.3, -0.25) is 9.89 Å². The molecule has 0 amide bonds. The lowest BCUT2D eigenvalue weighted by atomic mass is 10.0. The van der Waals surface area contributed by atoms with Crippen molar-refractivity contribution in [3.05, 3.63) is 34.6 Å². The molecular weight excluding hydrogens is 442 g/mol. The summed E-state index contributed by atoms with van der Waals surface area (Å²) in [5.41, 5.74) is 6.31. The zero-order chi connectivity index (χ0) is 17.0. The molecule has 1 atom stereocenters. The maximum Gasteiger partial charge on any atom is 0.189 e. The minimum absolute atomic E-state index is 0. The maximum atomic E-state index is 14.3. The number of guanidine groups is 1. The highest BCUT2D eigenvalue weighted by molar-refractivity contribution is 14.0. The lowest BCUT2D eigenvalue weighted by molar-refractivity contribution is 0.246. The Balaban J connectivity index is 0.00000288. The van der Waals surface area contributed by atoms with Crippen LogP contribution in [0.1, 0.15) is 45.2 Å². The predicted molar refractivity (Wildman–Crippen MR) is 110 cm³/mol. The third kappa shape index (κ3) is 6.04. The van der Waals surface area contributed by atoms with E-state index in [4.69, 9.17) is 17.3 Å². The molecule has 24 heavy (non-hydrogen) atoms. The Morgan fingerprint density at radius 1 is 1.38 bits per heavy atom. The van der Waals surface area contributed by atoms with Crippen LogP contribution in [0.25, 0.3) is 0 Å². The molecule has 2 rings (SSSR count). The molecule has 0 radical (unpaired) electrons. The molecule has 0 bridgehead atoms. The van der Waals surface area contributed by atoms with Crippen molar-refractivity contribution in [1.82, 2.24) is 10.2 Å². The van der Waals surface area contributed by atoms with E-state index in [-0.39, 0.29) is 41.4 Å². The topological polar surface area (TPSA) is 53.6 Å². The van der Waals surface area contributed by atoms with Crippen LogP contribution in [0.15, 0.2) is 23.2 Å². The normalized spacial score (nSPS) is 17.5. The summed E-state index contributed by atoms with van der Waals surface area (Å²) in [4.78, 5) is 6.66. The number of hydrogen-bond acceptors (Lipinski definition) is 2. The molecule has 3 N–H and O–H groups in total. The molecule has 1 aromatic rings. The first-order chi connectivity index (χ1) is 10.8. The molecule has 1 aliphatic heterocycles. The van der Waals surface area contributed by atoms with E-state index >= 15 is 0 Å². The smallest absolute Gasteiger partial charge is 0.189 e. The predicted octanol–water partition coefficient (Wildman–Crippen LogP) is 3.94. The molecule has 136 valence electrons. The fourth-order valence-electron chi connectivity index (χ4n) is 2.88. The van der Waals surface area contributed by atoms with Gasteiger partial charge in [-0.1, -0.05) is 17.7 Å². The summed E-state index contributed by atoms with van der Waals surface area (Å²) in [5, 5.41) is 3.57. The number of halogens is 3. The van der Waals surface area contributed by atoms with Gasteiger partial charge in [0.05, 0.1) is 12.6 Å². The molecule has 1 heterocycles. The van der Waals surface area contributed by atoms with Crippen LogP contribution < -0.4 is 11.1 Å². The SMILES string of the molecule is CC(C)(C)NC(N)=NCC(c1c(F)cccc1Cl)N1CCCC1.I. The molecule has 1 saturated heterocycles. The van der Waals surface area contributed by atoms with E-state index in [9.17, 15) is 4.39 Å². The van der Waals surface area contributed by atoms with E-state index in [0.29, 0.717) is 23.1 Å². The largest absolute Gasteiger partial charge is 0.370 e. The molecule has 1 aliphatic rings. The molecule has 1 fully saturated rings. The van der Waals surface area contributed by atoms with E-state index in [0.717, 1.165) is 25.9 Å². The Bertz CT molecular complexity index is 548. The van der Waals surface area contributed by atoms with Gasteiger partial charge in [0.1, 0.15) is 5.82 Å². The summed E-state index contributed by atoms with van der Waals surface area (Å²) in [6.07, 6.45) is 2.23. The highest BCUT2D eigenvalue weighted by Crippen LogP contribution is 2.32. The van der Waals surface area contributed by atoms with Crippen LogP contribution in [0.4, 0.5) is 4.39 Å². The van der Waals surface area contributed by atoms with Gasteiger partial charge >= 0.3 is 0 Å². The maximum absolute atomic E-state index is 14.3. The molecule has 0 saturated carbocycles. The van der Waals surface area contributed by atoms with Gasteiger partial charge in [0.2, 0.25) is 0 Å². The van der Waals surface area contributed by atoms with E-state index in [1.165, 1.54) is 6.07 Å². The van der Waals surface area contributed by atoms with Gasteiger partial charge in [-0.25, -0.2) is 4.39 Å². The quantitative estimate of drug-likeness (QED) is 0.400. The van der Waals surface area contributed by atoms with E-state index in [1.807, 2.05) is 20.8 Å². The monoisotopic (exact) mass is 468 g/mol. The van der Waals surface area contributed by atoms with Crippen molar-refractivity contribution < 1.29 is 4.39 Å². The third-order valence-electron chi connectivity index (χ3n) is 3.85. The number of nitrogens with one attached hydrogen (secondary N) is 1. The van der Waals surface area contributed by atoms with Crippen molar-refractivity contribution in [2.75, 3.05) is 19.6 Å². The minimum atomic E-state index is -0.285. The second-order valence-electron chi connectivity index (χ2n) is 7.00. The Morgan fingerprint density at radius 3 is 2.54 bits per heavy atom. The van der Waals surface area contributed by atoms with Gasteiger partial charge in [0, 0.05) is 16.1 Å². The summed E-state index contributed by atoms with van der Waals surface area (Å²) in [6, 6.07) is 4.61. The third-order valence-corrected chi connectivity index (χ3v) is 4.18. The van der Waals surface area contributed by atoms with E-state index in [2.05, 4.69) is 15.2 Å². The summed E-state index contributed by atoms with van der Waals surface area (Å²) < 4.78 is 14.3. The van der Waals surface area contributed by atoms with Crippen molar-refractivity contribution in [3.63, 3.8) is 0 Å². The summed E-state index contributed by atoms with van der Waals surface area (Å²) in [7, 11) is 0. The molecule has 0 aromatic heterocycles. The van der Waals surface area contributed by atoms with Crippen LogP contribution in [-0.2, 0) is 0 Å². The first-order valence-corrected chi connectivity index (χ1v) is 8.42. The lowest BCUT2D eigenvalue weighted by Gasteiger charge is -2.28. The molecule has 1 unspecified atom stereocenters. The standard InChI is InChI=1S/C17H26ClFN4.HI/c1-17(2,3)22-16(20)21-11-14(23-9-4-5-10-23)15-12(18)7-6-8-13(15)19;/h6-8,14H,4-5,9-11H2,1-3H3,(H3,20,21,22);1H. The van der Waals surface area contributed by atoms with Crippen molar-refractivity contribution in [3.8, 4) is 0 Å². The number of aliphatic imine (C=N–C) groups is 1. The molecule has 0 spiro atoms. The average molecular weight is 469 g/mol. The average Bonchev–Trinajstić information content (AvgIpc) is 2.93. The van der Waals surface area contributed by atoms with Crippen molar-refractivity contribution in [2.45, 2.75) is 45.2 Å². The van der Waals surface area contributed by atoms with Crippen molar-refractivity contribution in [1.29, 1.82) is 0 Å². The number of benzene rings is 1. The molecular formula is C17H27ClFIN4. The fourth-order valence-corrected chi connectivity index (χ4v) is 3.17. The molecule has 7 heteroatoms. The number of nitrogens with zero attached hydrogens (tertiary/aromatic N) is 2. The highest BCUT2D eigenvalue weighted by atomic mass is 127. The van der Waals surface area contributed by atoms with Crippen LogP contribution in [0, 0.1) is 5.82 Å². The highest BCUT2D eigenvalue weighted by Gasteiger charge is 2.27. The van der Waals surface area contributed by atoms with Gasteiger partial charge in [-0.15, -0.1) is 24.0 Å². The van der Waals surface area contributed by atoms with Gasteiger partial charge in [-0.2, -0.15) is 0 Å². The van der Waals surface area contributed by atoms with Crippen LogP contribution in [-0.4, -0.2) is 36.0 Å². The Labute approximate surface area is 166 Å². The Morgan fingerprint density at radius 2 is 2.00 bits per heavy atom. The number of nitrogens with two attached hydrogens (primary N) is 1. The van der Waals surface area contributed by atoms with Gasteiger partial charge in [-0.05, 0) is 58.8 Å². The Kier molecular flexibility index (Phi) is 8.22. The lowest BCUT2D eigenvalue weighted by Crippen LogP contribution is -2.45. The van der Waals surface area contributed by atoms with Crippen LogP contribution in [0.3, 0.4) is 0 Å². The number of rotatable bonds is 4. The summed E-state index contributed by atoms with van der Waals surface area (Å²) in [5.74, 6) is 0.0844. The van der Waals surface area contributed by atoms with Crippen molar-refractivity contribution >= 4 is 41.5 Å².